The largest absolute Gasteiger partial charge is 0.493 e. The van der Waals surface area contributed by atoms with Crippen LogP contribution in [0.1, 0.15) is 25.3 Å². The number of likely N-dealkylation sites (tertiary alicyclic amines) is 1. The summed E-state index contributed by atoms with van der Waals surface area (Å²) in [5.41, 5.74) is 0.941. The second-order valence-electron chi connectivity index (χ2n) is 6.29. The molecule has 0 saturated carbocycles. The Bertz CT molecular complexity index is 536. The molecule has 1 aliphatic rings. The molecule has 24 heavy (non-hydrogen) atoms. The molecule has 1 aliphatic heterocycles. The highest BCUT2D eigenvalue weighted by Crippen LogP contribution is 2.31. The number of halogens is 3. The number of benzene rings is 1. The predicted octanol–water partition coefficient (Wildman–Crippen LogP) is 3.23. The molecule has 1 heterocycles. The Balaban J connectivity index is 2.05. The standard InChI is InChI=1S/C17H24F3NO3/c1-12-3-4-14(10-22)9-21(12)8-13-5-6-15(16(7-13)23-2)24-11-17(18,19)20/h5-7,12,14,22H,3-4,8-11H2,1-2H3. The number of hydrogen-bond donors (Lipinski definition) is 1. The predicted molar refractivity (Wildman–Crippen MR) is 84.2 cm³/mol. The Kier molecular flexibility index (Phi) is 6.34. The van der Waals surface area contributed by atoms with Gasteiger partial charge in [0.15, 0.2) is 18.1 Å². The van der Waals surface area contributed by atoms with Crippen molar-refractivity contribution < 1.29 is 27.8 Å². The van der Waals surface area contributed by atoms with Crippen LogP contribution in [0.15, 0.2) is 18.2 Å². The van der Waals surface area contributed by atoms with Gasteiger partial charge in [0.2, 0.25) is 0 Å². The molecule has 1 saturated heterocycles. The number of piperidine rings is 1. The average Bonchev–Trinajstić information content (AvgIpc) is 2.54. The molecule has 0 amide bonds. The van der Waals surface area contributed by atoms with Gasteiger partial charge in [0.05, 0.1) is 7.11 Å². The van der Waals surface area contributed by atoms with Crippen molar-refractivity contribution in [1.29, 1.82) is 0 Å². The highest BCUT2D eigenvalue weighted by molar-refractivity contribution is 5.43. The quantitative estimate of drug-likeness (QED) is 0.858. The fourth-order valence-electron chi connectivity index (χ4n) is 2.96. The van der Waals surface area contributed by atoms with Crippen LogP contribution in [0.5, 0.6) is 11.5 Å². The fourth-order valence-corrected chi connectivity index (χ4v) is 2.96. The molecular weight excluding hydrogens is 323 g/mol. The van der Waals surface area contributed by atoms with Gasteiger partial charge in [-0.2, -0.15) is 13.2 Å². The number of alkyl halides is 3. The maximum Gasteiger partial charge on any atom is 0.422 e. The molecule has 4 nitrogen and oxygen atoms in total. The van der Waals surface area contributed by atoms with Crippen LogP contribution in [0, 0.1) is 5.92 Å². The Labute approximate surface area is 140 Å². The lowest BCUT2D eigenvalue weighted by Crippen LogP contribution is -2.42. The number of aliphatic hydroxyl groups is 1. The molecule has 0 aliphatic carbocycles. The van der Waals surface area contributed by atoms with Gasteiger partial charge in [-0.1, -0.05) is 6.07 Å². The van der Waals surface area contributed by atoms with Crippen LogP contribution in [-0.4, -0.2) is 49.1 Å². The van der Waals surface area contributed by atoms with Gasteiger partial charge in [-0.25, -0.2) is 0 Å². The number of rotatable bonds is 6. The van der Waals surface area contributed by atoms with Crippen LogP contribution in [0.25, 0.3) is 0 Å². The summed E-state index contributed by atoms with van der Waals surface area (Å²) >= 11 is 0. The van der Waals surface area contributed by atoms with E-state index in [4.69, 9.17) is 9.47 Å². The molecule has 1 fully saturated rings. The van der Waals surface area contributed by atoms with Gasteiger partial charge >= 0.3 is 6.18 Å². The van der Waals surface area contributed by atoms with Gasteiger partial charge < -0.3 is 14.6 Å². The van der Waals surface area contributed by atoms with Crippen LogP contribution in [0.4, 0.5) is 13.2 Å². The highest BCUT2D eigenvalue weighted by atomic mass is 19.4. The van der Waals surface area contributed by atoms with E-state index in [2.05, 4.69) is 11.8 Å². The lowest BCUT2D eigenvalue weighted by Gasteiger charge is -2.37. The first kappa shape index (κ1) is 18.9. The summed E-state index contributed by atoms with van der Waals surface area (Å²) in [5.74, 6) is 0.649. The molecule has 1 aromatic rings. The Morgan fingerprint density at radius 1 is 1.25 bits per heavy atom. The molecule has 136 valence electrons. The molecule has 1 N–H and O–H groups in total. The number of ether oxygens (including phenoxy) is 2. The Hall–Kier alpha value is -1.47. The number of hydrogen-bond acceptors (Lipinski definition) is 4. The summed E-state index contributed by atoms with van der Waals surface area (Å²) < 4.78 is 46.8. The SMILES string of the molecule is COc1cc(CN2CC(CO)CCC2C)ccc1OCC(F)(F)F. The summed E-state index contributed by atoms with van der Waals surface area (Å²) in [5, 5.41) is 9.35. The minimum atomic E-state index is -4.38. The first-order valence-corrected chi connectivity index (χ1v) is 8.03. The number of nitrogens with zero attached hydrogens (tertiary/aromatic N) is 1. The monoisotopic (exact) mass is 347 g/mol. The molecule has 0 aromatic heterocycles. The van der Waals surface area contributed by atoms with E-state index in [9.17, 15) is 18.3 Å². The zero-order valence-electron chi connectivity index (χ0n) is 14.0. The second-order valence-corrected chi connectivity index (χ2v) is 6.29. The summed E-state index contributed by atoms with van der Waals surface area (Å²) in [6.45, 7) is 2.45. The van der Waals surface area contributed by atoms with Gasteiger partial charge in [-0.15, -0.1) is 0 Å². The van der Waals surface area contributed by atoms with Crippen LogP contribution < -0.4 is 9.47 Å². The van der Waals surface area contributed by atoms with E-state index in [-0.39, 0.29) is 18.3 Å². The minimum absolute atomic E-state index is 0.0819. The smallest absolute Gasteiger partial charge is 0.422 e. The summed E-state index contributed by atoms with van der Waals surface area (Å²) in [7, 11) is 1.41. The van der Waals surface area contributed by atoms with Crippen molar-refractivity contribution in [2.24, 2.45) is 5.92 Å². The normalized spacial score (nSPS) is 22.4. The van der Waals surface area contributed by atoms with Crippen molar-refractivity contribution in [3.63, 3.8) is 0 Å². The maximum atomic E-state index is 12.3. The molecule has 0 radical (unpaired) electrons. The Morgan fingerprint density at radius 3 is 2.62 bits per heavy atom. The van der Waals surface area contributed by atoms with E-state index in [1.165, 1.54) is 13.2 Å². The zero-order chi connectivity index (χ0) is 17.7. The third-order valence-corrected chi connectivity index (χ3v) is 4.37. The molecule has 2 rings (SSSR count). The summed E-state index contributed by atoms with van der Waals surface area (Å²) in [6.07, 6.45) is -2.34. The van der Waals surface area contributed by atoms with E-state index in [1.54, 1.807) is 12.1 Å². The van der Waals surface area contributed by atoms with Crippen molar-refractivity contribution in [2.45, 2.75) is 38.5 Å². The van der Waals surface area contributed by atoms with E-state index in [0.29, 0.717) is 18.3 Å². The van der Waals surface area contributed by atoms with Gasteiger partial charge in [-0.05, 0) is 43.4 Å². The van der Waals surface area contributed by atoms with Crippen molar-refractivity contribution in [2.75, 3.05) is 26.9 Å². The molecule has 1 aromatic carbocycles. The third kappa shape index (κ3) is 5.27. The van der Waals surface area contributed by atoms with Crippen molar-refractivity contribution >= 4 is 0 Å². The average molecular weight is 347 g/mol. The van der Waals surface area contributed by atoms with E-state index in [0.717, 1.165) is 24.9 Å². The first-order chi connectivity index (χ1) is 11.3. The first-order valence-electron chi connectivity index (χ1n) is 8.03. The topological polar surface area (TPSA) is 41.9 Å². The minimum Gasteiger partial charge on any atom is -0.493 e. The summed E-state index contributed by atoms with van der Waals surface area (Å²) in [4.78, 5) is 2.27. The zero-order valence-corrected chi connectivity index (χ0v) is 14.0. The molecule has 0 bridgehead atoms. The van der Waals surface area contributed by atoms with E-state index < -0.39 is 12.8 Å². The van der Waals surface area contributed by atoms with Crippen molar-refractivity contribution in [3.8, 4) is 11.5 Å². The summed E-state index contributed by atoms with van der Waals surface area (Å²) in [6, 6.07) is 5.38. The third-order valence-electron chi connectivity index (χ3n) is 4.37. The molecular formula is C17H24F3NO3. The van der Waals surface area contributed by atoms with Gasteiger partial charge in [0.25, 0.3) is 0 Å². The van der Waals surface area contributed by atoms with Gasteiger partial charge in [0.1, 0.15) is 0 Å². The van der Waals surface area contributed by atoms with Crippen LogP contribution in [-0.2, 0) is 6.54 Å². The molecule has 2 unspecified atom stereocenters. The number of aliphatic hydroxyl groups excluding tert-OH is 1. The van der Waals surface area contributed by atoms with E-state index in [1.807, 2.05) is 0 Å². The maximum absolute atomic E-state index is 12.3. The van der Waals surface area contributed by atoms with Crippen molar-refractivity contribution in [1.82, 2.24) is 4.90 Å². The number of methoxy groups -OCH3 is 1. The molecule has 2 atom stereocenters. The highest BCUT2D eigenvalue weighted by Gasteiger charge is 2.29. The van der Waals surface area contributed by atoms with Crippen molar-refractivity contribution in [3.05, 3.63) is 23.8 Å². The van der Waals surface area contributed by atoms with Gasteiger partial charge in [-0.3, -0.25) is 4.90 Å². The van der Waals surface area contributed by atoms with Crippen LogP contribution >= 0.6 is 0 Å². The molecule has 7 heteroatoms. The van der Waals surface area contributed by atoms with Crippen LogP contribution in [0.2, 0.25) is 0 Å². The second kappa shape index (κ2) is 8.07. The van der Waals surface area contributed by atoms with Crippen LogP contribution in [0.3, 0.4) is 0 Å². The van der Waals surface area contributed by atoms with Gasteiger partial charge in [0, 0.05) is 25.7 Å². The van der Waals surface area contributed by atoms with E-state index >= 15 is 0 Å². The fraction of sp³-hybridized carbons (Fsp3) is 0.647. The lowest BCUT2D eigenvalue weighted by atomic mass is 9.93. The molecule has 0 spiro atoms. The Morgan fingerprint density at radius 2 is 2.00 bits per heavy atom. The lowest BCUT2D eigenvalue weighted by molar-refractivity contribution is -0.153.